The second kappa shape index (κ2) is 6.26. The molecule has 3 N–H and O–H groups in total. The van der Waals surface area contributed by atoms with E-state index in [1.54, 1.807) is 24.2 Å². The summed E-state index contributed by atoms with van der Waals surface area (Å²) in [4.78, 5) is 17.8. The molecule has 106 valence electrons. The van der Waals surface area contributed by atoms with Crippen molar-refractivity contribution in [3.8, 4) is 0 Å². The number of fused-ring (bicyclic) bond motifs is 1. The summed E-state index contributed by atoms with van der Waals surface area (Å²) >= 11 is 3.15. The first-order valence-electron chi connectivity index (χ1n) is 6.34. The number of hydrogen-bond acceptors (Lipinski definition) is 5. The maximum atomic E-state index is 12.0. The van der Waals surface area contributed by atoms with Crippen LogP contribution in [0.3, 0.4) is 0 Å². The van der Waals surface area contributed by atoms with Gasteiger partial charge < -0.3 is 0 Å². The second-order valence-electron chi connectivity index (χ2n) is 4.35. The standard InChI is InChI=1S/C15H13N3OS2/c16-18-15(19)14-12(9-20-10-5-7-17-8-6-10)11-3-1-2-4-13(11)21-14/h1-8H,9,16H2,(H,18,19). The molecule has 0 saturated carbocycles. The number of amides is 1. The van der Waals surface area contributed by atoms with E-state index in [9.17, 15) is 4.79 Å². The molecule has 2 aromatic heterocycles. The van der Waals surface area contributed by atoms with Gasteiger partial charge in [-0.1, -0.05) is 18.2 Å². The van der Waals surface area contributed by atoms with E-state index in [1.165, 1.54) is 11.3 Å². The Hall–Kier alpha value is -1.89. The van der Waals surface area contributed by atoms with E-state index in [2.05, 4.69) is 10.4 Å². The fourth-order valence-electron chi connectivity index (χ4n) is 2.08. The number of carbonyl (C=O) groups excluding carboxylic acids is 1. The summed E-state index contributed by atoms with van der Waals surface area (Å²) in [5.41, 5.74) is 3.26. The van der Waals surface area contributed by atoms with Crippen molar-refractivity contribution in [3.63, 3.8) is 0 Å². The van der Waals surface area contributed by atoms with Gasteiger partial charge in [-0.15, -0.1) is 23.1 Å². The van der Waals surface area contributed by atoms with E-state index in [4.69, 9.17) is 5.84 Å². The molecule has 1 aromatic carbocycles. The summed E-state index contributed by atoms with van der Waals surface area (Å²) in [5.74, 6) is 5.78. The molecule has 3 aromatic rings. The number of benzene rings is 1. The van der Waals surface area contributed by atoms with Crippen LogP contribution >= 0.6 is 23.1 Å². The number of hydrazine groups is 1. The maximum Gasteiger partial charge on any atom is 0.275 e. The average molecular weight is 315 g/mol. The molecule has 2 heterocycles. The SMILES string of the molecule is NNC(=O)c1sc2ccccc2c1CSc1ccncc1. The van der Waals surface area contributed by atoms with Crippen molar-refractivity contribution in [2.24, 2.45) is 5.84 Å². The van der Waals surface area contributed by atoms with E-state index >= 15 is 0 Å². The Morgan fingerprint density at radius 3 is 2.76 bits per heavy atom. The lowest BCUT2D eigenvalue weighted by Gasteiger charge is -2.04. The fraction of sp³-hybridized carbons (Fsp3) is 0.0667. The van der Waals surface area contributed by atoms with Crippen LogP contribution in [0.5, 0.6) is 0 Å². The largest absolute Gasteiger partial charge is 0.289 e. The molecule has 1 amide bonds. The first-order valence-corrected chi connectivity index (χ1v) is 8.14. The van der Waals surface area contributed by atoms with Crippen LogP contribution in [0.25, 0.3) is 10.1 Å². The average Bonchev–Trinajstić information content (AvgIpc) is 2.92. The van der Waals surface area contributed by atoms with Crippen LogP contribution in [-0.4, -0.2) is 10.9 Å². The third kappa shape index (κ3) is 2.92. The van der Waals surface area contributed by atoms with Gasteiger partial charge in [0.05, 0.1) is 4.88 Å². The zero-order chi connectivity index (χ0) is 14.7. The molecule has 0 unspecified atom stereocenters. The predicted octanol–water partition coefficient (Wildman–Crippen LogP) is 3.19. The number of nitrogens with one attached hydrogen (secondary N) is 1. The maximum absolute atomic E-state index is 12.0. The Labute approximate surface area is 130 Å². The fourth-order valence-corrected chi connectivity index (χ4v) is 4.22. The van der Waals surface area contributed by atoms with Gasteiger partial charge in [-0.3, -0.25) is 15.2 Å². The smallest absolute Gasteiger partial charge is 0.275 e. The normalized spacial score (nSPS) is 10.7. The van der Waals surface area contributed by atoms with Crippen molar-refractivity contribution < 1.29 is 4.79 Å². The number of nitrogens with zero attached hydrogens (tertiary/aromatic N) is 1. The summed E-state index contributed by atoms with van der Waals surface area (Å²) < 4.78 is 1.10. The minimum Gasteiger partial charge on any atom is -0.289 e. The van der Waals surface area contributed by atoms with E-state index in [0.29, 0.717) is 4.88 Å². The number of carbonyl (C=O) groups is 1. The van der Waals surface area contributed by atoms with Crippen molar-refractivity contribution in [2.75, 3.05) is 0 Å². The molecule has 0 atom stereocenters. The lowest BCUT2D eigenvalue weighted by molar-refractivity contribution is 0.0957. The molecule has 21 heavy (non-hydrogen) atoms. The van der Waals surface area contributed by atoms with Gasteiger partial charge in [0.25, 0.3) is 5.91 Å². The van der Waals surface area contributed by atoms with Crippen molar-refractivity contribution in [3.05, 3.63) is 59.2 Å². The molecule has 0 bridgehead atoms. The van der Waals surface area contributed by atoms with E-state index in [-0.39, 0.29) is 5.91 Å². The van der Waals surface area contributed by atoms with Crippen LogP contribution < -0.4 is 11.3 Å². The molecule has 0 saturated heterocycles. The minimum atomic E-state index is -0.235. The Morgan fingerprint density at radius 2 is 2.00 bits per heavy atom. The number of aromatic nitrogens is 1. The van der Waals surface area contributed by atoms with Gasteiger partial charge in [-0.25, -0.2) is 5.84 Å². The van der Waals surface area contributed by atoms with E-state index < -0.39 is 0 Å². The highest BCUT2D eigenvalue weighted by atomic mass is 32.2. The Kier molecular flexibility index (Phi) is 4.19. The monoisotopic (exact) mass is 315 g/mol. The first kappa shape index (κ1) is 14.1. The first-order chi connectivity index (χ1) is 10.3. The van der Waals surface area contributed by atoms with Crippen molar-refractivity contribution in [1.82, 2.24) is 10.4 Å². The van der Waals surface area contributed by atoms with Crippen LogP contribution in [0.15, 0.2) is 53.7 Å². The van der Waals surface area contributed by atoms with Gasteiger partial charge in [0, 0.05) is 27.7 Å². The number of nitrogens with two attached hydrogens (primary N) is 1. The number of nitrogen functional groups attached to an aromatic ring is 1. The third-order valence-electron chi connectivity index (χ3n) is 3.07. The summed E-state index contributed by atoms with van der Waals surface area (Å²) in [7, 11) is 0. The van der Waals surface area contributed by atoms with E-state index in [1.807, 2.05) is 36.4 Å². The number of pyridine rings is 1. The van der Waals surface area contributed by atoms with Gasteiger partial charge in [0.15, 0.2) is 0 Å². The number of thioether (sulfide) groups is 1. The zero-order valence-corrected chi connectivity index (χ0v) is 12.7. The lowest BCUT2D eigenvalue weighted by Crippen LogP contribution is -2.29. The molecule has 0 aliphatic heterocycles. The molecular formula is C15H13N3OS2. The Balaban J connectivity index is 1.97. The van der Waals surface area contributed by atoms with Crippen molar-refractivity contribution in [1.29, 1.82) is 0 Å². The molecule has 6 heteroatoms. The minimum absolute atomic E-state index is 0.235. The molecular weight excluding hydrogens is 302 g/mol. The van der Waals surface area contributed by atoms with Crippen LogP contribution in [-0.2, 0) is 5.75 Å². The summed E-state index contributed by atoms with van der Waals surface area (Å²) in [6.07, 6.45) is 3.53. The summed E-state index contributed by atoms with van der Waals surface area (Å²) in [5, 5.41) is 1.11. The molecule has 3 rings (SSSR count). The van der Waals surface area contributed by atoms with E-state index in [0.717, 1.165) is 26.3 Å². The highest BCUT2D eigenvalue weighted by molar-refractivity contribution is 7.98. The van der Waals surface area contributed by atoms with Gasteiger partial charge in [-0.05, 0) is 29.1 Å². The van der Waals surface area contributed by atoms with Crippen LogP contribution in [0.1, 0.15) is 15.2 Å². The van der Waals surface area contributed by atoms with Gasteiger partial charge in [-0.2, -0.15) is 0 Å². The van der Waals surface area contributed by atoms with Gasteiger partial charge >= 0.3 is 0 Å². The molecule has 0 radical (unpaired) electrons. The topological polar surface area (TPSA) is 68.0 Å². The summed E-state index contributed by atoms with van der Waals surface area (Å²) in [6.45, 7) is 0. The Morgan fingerprint density at radius 1 is 1.24 bits per heavy atom. The molecule has 0 fully saturated rings. The van der Waals surface area contributed by atoms with Crippen LogP contribution in [0.4, 0.5) is 0 Å². The van der Waals surface area contributed by atoms with Crippen LogP contribution in [0, 0.1) is 0 Å². The molecule has 0 aliphatic rings. The predicted molar refractivity (Wildman–Crippen MR) is 87.3 cm³/mol. The van der Waals surface area contributed by atoms with Crippen molar-refractivity contribution in [2.45, 2.75) is 10.6 Å². The number of hydrogen-bond donors (Lipinski definition) is 2. The highest BCUT2D eigenvalue weighted by Gasteiger charge is 2.17. The third-order valence-corrected chi connectivity index (χ3v) is 5.32. The molecule has 0 aliphatic carbocycles. The highest BCUT2D eigenvalue weighted by Crippen LogP contribution is 2.35. The molecule has 4 nitrogen and oxygen atoms in total. The number of rotatable bonds is 4. The van der Waals surface area contributed by atoms with Gasteiger partial charge in [0.1, 0.15) is 0 Å². The lowest BCUT2D eigenvalue weighted by atomic mass is 10.1. The van der Waals surface area contributed by atoms with Crippen molar-refractivity contribution >= 4 is 39.1 Å². The molecule has 0 spiro atoms. The van der Waals surface area contributed by atoms with Gasteiger partial charge in [0.2, 0.25) is 0 Å². The quantitative estimate of drug-likeness (QED) is 0.336. The zero-order valence-electron chi connectivity index (χ0n) is 11.1. The Bertz CT molecular complexity index is 771. The second-order valence-corrected chi connectivity index (χ2v) is 6.45. The van der Waals surface area contributed by atoms with Crippen LogP contribution in [0.2, 0.25) is 0 Å². The summed E-state index contributed by atoms with van der Waals surface area (Å²) in [6, 6.07) is 11.9. The number of thiophene rings is 1.